The number of carbonyl (C=O) groups is 5. The number of nitrogens with two attached hydrogens (primary N) is 1. The molecule has 0 saturated carbocycles. The number of hydrogen-bond acceptors (Lipinski definition) is 7. The molecule has 24 heavy (non-hydrogen) atoms. The van der Waals surface area contributed by atoms with E-state index in [0.717, 1.165) is 0 Å². The monoisotopic (exact) mass is 364 g/mol. The van der Waals surface area contributed by atoms with E-state index in [1.807, 2.05) is 0 Å². The Labute approximate surface area is 142 Å². The Morgan fingerprint density at radius 3 is 2.00 bits per heavy atom. The summed E-state index contributed by atoms with van der Waals surface area (Å²) >= 11 is 3.76. The minimum atomic E-state index is -1.53. The quantitative estimate of drug-likeness (QED) is 0.198. The molecular formula is C12H20N4O7S. The summed E-state index contributed by atoms with van der Waals surface area (Å²) in [7, 11) is 0. The van der Waals surface area contributed by atoms with Crippen LogP contribution in [0.5, 0.6) is 0 Å². The van der Waals surface area contributed by atoms with E-state index in [9.17, 15) is 24.0 Å². The predicted molar refractivity (Wildman–Crippen MR) is 84.3 cm³/mol. The molecule has 0 aliphatic carbocycles. The topological polar surface area (TPSA) is 188 Å². The molecule has 3 amide bonds. The first-order valence-corrected chi connectivity index (χ1v) is 7.38. The molecule has 11 nitrogen and oxygen atoms in total. The Morgan fingerprint density at radius 1 is 1.04 bits per heavy atom. The summed E-state index contributed by atoms with van der Waals surface area (Å²) < 4.78 is 0. The first kappa shape index (κ1) is 21.7. The zero-order valence-corrected chi connectivity index (χ0v) is 13.7. The van der Waals surface area contributed by atoms with Gasteiger partial charge in [-0.25, -0.2) is 4.79 Å². The molecule has 136 valence electrons. The molecule has 0 aliphatic rings. The van der Waals surface area contributed by atoms with Gasteiger partial charge in [0.1, 0.15) is 18.1 Å². The van der Waals surface area contributed by atoms with Gasteiger partial charge >= 0.3 is 11.9 Å². The molecular weight excluding hydrogens is 344 g/mol. The fourth-order valence-electron chi connectivity index (χ4n) is 1.47. The molecule has 3 atom stereocenters. The second kappa shape index (κ2) is 10.4. The molecule has 0 bridgehead atoms. The van der Waals surface area contributed by atoms with Gasteiger partial charge in [0.25, 0.3) is 0 Å². The van der Waals surface area contributed by atoms with Crippen LogP contribution in [0, 0.1) is 0 Å². The van der Waals surface area contributed by atoms with Gasteiger partial charge < -0.3 is 31.9 Å². The van der Waals surface area contributed by atoms with Crippen molar-refractivity contribution >= 4 is 42.3 Å². The zero-order chi connectivity index (χ0) is 18.9. The first-order valence-electron chi connectivity index (χ1n) is 6.74. The van der Waals surface area contributed by atoms with Crippen molar-refractivity contribution in [3.63, 3.8) is 0 Å². The lowest BCUT2D eigenvalue weighted by Crippen LogP contribution is -2.56. The predicted octanol–water partition coefficient (Wildman–Crippen LogP) is -3.09. The summed E-state index contributed by atoms with van der Waals surface area (Å²) in [6.45, 7) is 1.01. The molecule has 0 spiro atoms. The van der Waals surface area contributed by atoms with Crippen molar-refractivity contribution < 1.29 is 34.2 Å². The van der Waals surface area contributed by atoms with Gasteiger partial charge in [-0.3, -0.25) is 19.2 Å². The lowest BCUT2D eigenvalue weighted by atomic mass is 10.1. The normalized spacial score (nSPS) is 14.0. The van der Waals surface area contributed by atoms with Gasteiger partial charge in [-0.2, -0.15) is 12.6 Å². The maximum atomic E-state index is 12.0. The molecule has 0 fully saturated rings. The third-order valence-electron chi connectivity index (χ3n) is 2.72. The highest BCUT2D eigenvalue weighted by molar-refractivity contribution is 7.80. The van der Waals surface area contributed by atoms with Crippen molar-refractivity contribution in [3.8, 4) is 0 Å². The SMILES string of the molecule is CC(=O)NCC(N)C(=O)NC(CC(=O)O)C(=O)NC(CS)C(=O)O. The molecule has 0 radical (unpaired) electrons. The van der Waals surface area contributed by atoms with Crippen LogP contribution >= 0.6 is 12.6 Å². The van der Waals surface area contributed by atoms with Crippen LogP contribution in [0.15, 0.2) is 0 Å². The Morgan fingerprint density at radius 2 is 1.58 bits per heavy atom. The van der Waals surface area contributed by atoms with E-state index in [1.165, 1.54) is 6.92 Å². The summed E-state index contributed by atoms with van der Waals surface area (Å²) in [5.41, 5.74) is 5.51. The van der Waals surface area contributed by atoms with Crippen molar-refractivity contribution in [3.05, 3.63) is 0 Å². The number of hydrogen-bond donors (Lipinski definition) is 7. The minimum absolute atomic E-state index is 0.211. The lowest BCUT2D eigenvalue weighted by molar-refractivity contribution is -0.143. The first-order chi connectivity index (χ1) is 11.1. The average molecular weight is 364 g/mol. The molecule has 0 rings (SSSR count). The second-order valence-corrected chi connectivity index (χ2v) is 5.15. The van der Waals surface area contributed by atoms with Gasteiger partial charge in [-0.1, -0.05) is 0 Å². The van der Waals surface area contributed by atoms with E-state index < -0.39 is 54.2 Å². The van der Waals surface area contributed by atoms with Crippen LogP contribution in [0.4, 0.5) is 0 Å². The van der Waals surface area contributed by atoms with E-state index >= 15 is 0 Å². The Kier molecular flexibility index (Phi) is 9.42. The van der Waals surface area contributed by atoms with Crippen molar-refractivity contribution in [1.29, 1.82) is 0 Å². The number of nitrogens with one attached hydrogen (secondary N) is 3. The van der Waals surface area contributed by atoms with Gasteiger partial charge in [0.05, 0.1) is 6.42 Å². The summed E-state index contributed by atoms with van der Waals surface area (Å²) in [5.74, 6) is -5.26. The fourth-order valence-corrected chi connectivity index (χ4v) is 1.71. The van der Waals surface area contributed by atoms with E-state index in [1.54, 1.807) is 0 Å². The Balaban J connectivity index is 4.90. The van der Waals surface area contributed by atoms with E-state index in [2.05, 4.69) is 28.6 Å². The second-order valence-electron chi connectivity index (χ2n) is 4.78. The van der Waals surface area contributed by atoms with Crippen molar-refractivity contribution in [2.24, 2.45) is 5.73 Å². The van der Waals surface area contributed by atoms with Crippen molar-refractivity contribution in [2.75, 3.05) is 12.3 Å². The number of aliphatic carboxylic acids is 2. The number of rotatable bonds is 10. The van der Waals surface area contributed by atoms with E-state index in [0.29, 0.717) is 0 Å². The molecule has 0 heterocycles. The number of amides is 3. The summed E-state index contributed by atoms with van der Waals surface area (Å²) in [6.07, 6.45) is -0.774. The molecule has 0 aromatic carbocycles. The summed E-state index contributed by atoms with van der Waals surface area (Å²) in [4.78, 5) is 56.3. The maximum Gasteiger partial charge on any atom is 0.327 e. The standard InChI is InChI=1S/C12H20N4O7S/c1-5(17)14-3-6(13)10(20)15-7(2-9(18)19)11(21)16-8(4-24)12(22)23/h6-8,24H,2-4,13H2,1H3,(H,14,17)(H,15,20)(H,16,21)(H,18,19)(H,22,23). The molecule has 0 aromatic rings. The zero-order valence-electron chi connectivity index (χ0n) is 12.8. The van der Waals surface area contributed by atoms with Gasteiger partial charge in [-0.05, 0) is 0 Å². The fraction of sp³-hybridized carbons (Fsp3) is 0.583. The molecule has 12 heteroatoms. The summed E-state index contributed by atoms with van der Waals surface area (Å²) in [5, 5.41) is 24.1. The van der Waals surface area contributed by atoms with Crippen LogP contribution in [-0.4, -0.2) is 70.3 Å². The number of carbonyl (C=O) groups excluding carboxylic acids is 3. The smallest absolute Gasteiger partial charge is 0.327 e. The van der Waals surface area contributed by atoms with Gasteiger partial charge in [0, 0.05) is 19.2 Å². The molecule has 0 saturated heterocycles. The van der Waals surface area contributed by atoms with E-state index in [-0.39, 0.29) is 12.3 Å². The van der Waals surface area contributed by atoms with Gasteiger partial charge in [0.15, 0.2) is 0 Å². The molecule has 0 aliphatic heterocycles. The number of thiol groups is 1. The third-order valence-corrected chi connectivity index (χ3v) is 3.08. The third kappa shape index (κ3) is 8.33. The Bertz CT molecular complexity index is 514. The van der Waals surface area contributed by atoms with Crippen LogP contribution < -0.4 is 21.7 Å². The Hall–Kier alpha value is -2.34. The van der Waals surface area contributed by atoms with Crippen LogP contribution in [-0.2, 0) is 24.0 Å². The van der Waals surface area contributed by atoms with Crippen LogP contribution in [0.3, 0.4) is 0 Å². The van der Waals surface area contributed by atoms with Gasteiger partial charge in [0.2, 0.25) is 17.7 Å². The summed E-state index contributed by atoms with van der Waals surface area (Å²) in [6, 6.07) is -4.08. The average Bonchev–Trinajstić information content (AvgIpc) is 2.48. The van der Waals surface area contributed by atoms with Crippen molar-refractivity contribution in [1.82, 2.24) is 16.0 Å². The highest BCUT2D eigenvalue weighted by atomic mass is 32.1. The largest absolute Gasteiger partial charge is 0.481 e. The van der Waals surface area contributed by atoms with Gasteiger partial charge in [-0.15, -0.1) is 0 Å². The number of carboxylic acids is 2. The van der Waals surface area contributed by atoms with Crippen LogP contribution in [0.1, 0.15) is 13.3 Å². The highest BCUT2D eigenvalue weighted by Gasteiger charge is 2.29. The van der Waals surface area contributed by atoms with Crippen LogP contribution in [0.2, 0.25) is 0 Å². The van der Waals surface area contributed by atoms with E-state index in [4.69, 9.17) is 15.9 Å². The maximum absolute atomic E-state index is 12.0. The van der Waals surface area contributed by atoms with Crippen LogP contribution in [0.25, 0.3) is 0 Å². The molecule has 7 N–H and O–H groups in total. The highest BCUT2D eigenvalue weighted by Crippen LogP contribution is 1.97. The van der Waals surface area contributed by atoms with Crippen molar-refractivity contribution in [2.45, 2.75) is 31.5 Å². The molecule has 0 aromatic heterocycles. The minimum Gasteiger partial charge on any atom is -0.481 e. The molecule has 3 unspecified atom stereocenters. The lowest BCUT2D eigenvalue weighted by Gasteiger charge is -2.21. The number of carboxylic acid groups (broad SMARTS) is 2.